The number of amides is 2. The number of aromatic nitrogens is 1. The van der Waals surface area contributed by atoms with Crippen molar-refractivity contribution < 1.29 is 19.1 Å². The highest BCUT2D eigenvalue weighted by Gasteiger charge is 2.67. The molecule has 5 aliphatic rings. The number of nitrogens with zero attached hydrogens (tertiary/aromatic N) is 2. The number of hydrogen-bond acceptors (Lipinski definition) is 5. The average molecular weight is 436 g/mol. The molecule has 33 heavy (non-hydrogen) atoms. The molecule has 1 saturated heterocycles. The van der Waals surface area contributed by atoms with Crippen molar-refractivity contribution in [2.24, 2.45) is 35.5 Å². The predicted octanol–water partition coefficient (Wildman–Crippen LogP) is 4.01. The Bertz CT molecular complexity index is 1350. The topological polar surface area (TPSA) is 76.6 Å². The number of imide groups is 1. The second kappa shape index (κ2) is 6.61. The highest BCUT2D eigenvalue weighted by molar-refractivity contribution is 6.23. The maximum absolute atomic E-state index is 13.4. The largest absolute Gasteiger partial charge is 0.421 e. The molecule has 2 bridgehead atoms. The Morgan fingerprint density at radius 3 is 2.36 bits per heavy atom. The van der Waals surface area contributed by atoms with Gasteiger partial charge in [0.15, 0.2) is 5.75 Å². The lowest BCUT2D eigenvalue weighted by Gasteiger charge is -2.37. The van der Waals surface area contributed by atoms with E-state index in [0.29, 0.717) is 28.8 Å². The number of rotatable bonds is 3. The van der Waals surface area contributed by atoms with Crippen LogP contribution in [0, 0.1) is 35.5 Å². The lowest BCUT2D eigenvalue weighted by Crippen LogP contribution is -2.40. The van der Waals surface area contributed by atoms with Crippen LogP contribution in [0.3, 0.4) is 0 Å². The standard InChI is InChI=1S/C27H20N2O4/c30-25-22-17-9-10-18(20-13-19(17)20)23(22)26(31)29(25)16-7-1-5-15(12-16)27(32)33-21-8-2-4-14-6-3-11-28-24(14)21/h1-12,17-20,22-23H,13H2/t17-,18-,19-,20+,22-,23+/m0/s1. The molecule has 0 spiro atoms. The summed E-state index contributed by atoms with van der Waals surface area (Å²) < 4.78 is 5.64. The van der Waals surface area contributed by atoms with Gasteiger partial charge < -0.3 is 4.74 Å². The summed E-state index contributed by atoms with van der Waals surface area (Å²) >= 11 is 0. The number of esters is 1. The van der Waals surface area contributed by atoms with E-state index in [-0.39, 0.29) is 41.0 Å². The molecule has 162 valence electrons. The molecular weight excluding hydrogens is 416 g/mol. The van der Waals surface area contributed by atoms with E-state index in [1.165, 1.54) is 4.90 Å². The summed E-state index contributed by atoms with van der Waals surface area (Å²) in [5.74, 6) is 0.414. The van der Waals surface area contributed by atoms with Gasteiger partial charge in [0.2, 0.25) is 11.8 Å². The van der Waals surface area contributed by atoms with Crippen LogP contribution in [0.25, 0.3) is 10.9 Å². The van der Waals surface area contributed by atoms with E-state index in [9.17, 15) is 14.4 Å². The van der Waals surface area contributed by atoms with Gasteiger partial charge in [-0.05, 0) is 60.4 Å². The van der Waals surface area contributed by atoms with Crippen molar-refractivity contribution in [3.05, 3.63) is 78.5 Å². The van der Waals surface area contributed by atoms with E-state index in [0.717, 1.165) is 11.8 Å². The SMILES string of the molecule is O=C(Oc1cccc2cccnc12)c1cccc(N2C(=O)[C@@H]3[C@H]4C=C[C@@H]([C@@H]5C[C@H]45)[C@@H]3C2=O)c1. The molecule has 2 aromatic carbocycles. The zero-order valence-electron chi connectivity index (χ0n) is 17.6. The number of ether oxygens (including phenoxy) is 1. The third kappa shape index (κ3) is 2.61. The fraction of sp³-hybridized carbons (Fsp3) is 0.259. The smallest absolute Gasteiger partial charge is 0.343 e. The van der Waals surface area contributed by atoms with Crippen LogP contribution in [-0.2, 0) is 9.59 Å². The first kappa shape index (κ1) is 18.7. The van der Waals surface area contributed by atoms with Gasteiger partial charge >= 0.3 is 5.97 Å². The first-order chi connectivity index (χ1) is 16.1. The van der Waals surface area contributed by atoms with Crippen LogP contribution in [-0.4, -0.2) is 22.8 Å². The average Bonchev–Trinajstić information content (AvgIpc) is 3.62. The lowest BCUT2D eigenvalue weighted by molar-refractivity contribution is -0.124. The van der Waals surface area contributed by atoms with E-state index >= 15 is 0 Å². The number of para-hydroxylation sites is 1. The van der Waals surface area contributed by atoms with Gasteiger partial charge in [0.25, 0.3) is 0 Å². The normalized spacial score (nSPS) is 31.0. The Morgan fingerprint density at radius 2 is 1.61 bits per heavy atom. The summed E-state index contributed by atoms with van der Waals surface area (Å²) in [6.07, 6.45) is 7.08. The number of benzene rings is 2. The molecular formula is C27H20N2O4. The zero-order valence-corrected chi connectivity index (χ0v) is 17.6. The quantitative estimate of drug-likeness (QED) is 0.268. The van der Waals surface area contributed by atoms with Crippen molar-refractivity contribution in [3.63, 3.8) is 0 Å². The Balaban J connectivity index is 1.19. The molecule has 2 saturated carbocycles. The maximum Gasteiger partial charge on any atom is 0.343 e. The third-order valence-electron chi connectivity index (χ3n) is 7.80. The molecule has 2 heterocycles. The van der Waals surface area contributed by atoms with Crippen molar-refractivity contribution in [1.82, 2.24) is 4.98 Å². The molecule has 0 unspecified atom stereocenters. The van der Waals surface area contributed by atoms with Crippen molar-refractivity contribution in [2.45, 2.75) is 6.42 Å². The fourth-order valence-corrected chi connectivity index (χ4v) is 6.30. The van der Waals surface area contributed by atoms with Gasteiger partial charge in [0.05, 0.1) is 23.1 Å². The summed E-state index contributed by atoms with van der Waals surface area (Å²) in [4.78, 5) is 45.3. The maximum atomic E-state index is 13.4. The van der Waals surface area contributed by atoms with Crippen LogP contribution in [0.15, 0.2) is 72.9 Å². The number of hydrogen-bond donors (Lipinski definition) is 0. The van der Waals surface area contributed by atoms with Crippen molar-refractivity contribution in [2.75, 3.05) is 4.90 Å². The fourth-order valence-electron chi connectivity index (χ4n) is 6.30. The van der Waals surface area contributed by atoms with E-state index in [4.69, 9.17) is 4.74 Å². The Hall–Kier alpha value is -3.80. The lowest BCUT2D eigenvalue weighted by atomic mass is 9.63. The molecule has 1 aliphatic heterocycles. The van der Waals surface area contributed by atoms with E-state index < -0.39 is 5.97 Å². The number of carbonyl (C=O) groups excluding carboxylic acids is 3. The number of fused-ring (bicyclic) bond motifs is 1. The summed E-state index contributed by atoms with van der Waals surface area (Å²) in [5.41, 5.74) is 1.30. The van der Waals surface area contributed by atoms with Crippen LogP contribution in [0.1, 0.15) is 16.8 Å². The molecule has 0 radical (unpaired) electrons. The van der Waals surface area contributed by atoms with E-state index in [1.807, 2.05) is 18.2 Å². The van der Waals surface area contributed by atoms with Crippen molar-refractivity contribution in [3.8, 4) is 5.75 Å². The highest BCUT2D eigenvalue weighted by Crippen LogP contribution is 2.65. The molecule has 6 nitrogen and oxygen atoms in total. The monoisotopic (exact) mass is 436 g/mol. The molecule has 0 N–H and O–H groups in total. The first-order valence-electron chi connectivity index (χ1n) is 11.3. The van der Waals surface area contributed by atoms with Gasteiger partial charge in [-0.15, -0.1) is 0 Å². The minimum atomic E-state index is -0.561. The molecule has 2 amide bonds. The van der Waals surface area contributed by atoms with E-state index in [1.54, 1.807) is 42.6 Å². The molecule has 3 aromatic rings. The number of anilines is 1. The van der Waals surface area contributed by atoms with Gasteiger partial charge in [-0.1, -0.05) is 36.4 Å². The summed E-state index contributed by atoms with van der Waals surface area (Å²) in [6.45, 7) is 0. The Morgan fingerprint density at radius 1 is 0.909 bits per heavy atom. The number of carbonyl (C=O) groups is 3. The van der Waals surface area contributed by atoms with E-state index in [2.05, 4.69) is 17.1 Å². The minimum absolute atomic E-state index is 0.140. The minimum Gasteiger partial charge on any atom is -0.421 e. The van der Waals surface area contributed by atoms with Crippen LogP contribution in [0.5, 0.6) is 5.75 Å². The van der Waals surface area contributed by atoms with Crippen molar-refractivity contribution >= 4 is 34.4 Å². The van der Waals surface area contributed by atoms with Gasteiger partial charge in [-0.2, -0.15) is 0 Å². The third-order valence-corrected chi connectivity index (χ3v) is 7.80. The number of allylic oxidation sites excluding steroid dienone is 2. The second-order valence-electron chi connectivity index (χ2n) is 9.44. The summed E-state index contributed by atoms with van der Waals surface area (Å²) in [6, 6.07) is 15.7. The molecule has 1 aromatic heterocycles. The number of pyridine rings is 1. The molecule has 8 rings (SSSR count). The van der Waals surface area contributed by atoms with Crippen molar-refractivity contribution in [1.29, 1.82) is 0 Å². The summed E-state index contributed by atoms with van der Waals surface area (Å²) in [5, 5.41) is 0.869. The van der Waals surface area contributed by atoms with Crippen LogP contribution < -0.4 is 9.64 Å². The molecule has 6 atom stereocenters. The van der Waals surface area contributed by atoms with Crippen LogP contribution in [0.2, 0.25) is 0 Å². The van der Waals surface area contributed by atoms with Crippen LogP contribution >= 0.6 is 0 Å². The predicted molar refractivity (Wildman–Crippen MR) is 120 cm³/mol. The zero-order chi connectivity index (χ0) is 22.3. The van der Waals surface area contributed by atoms with Gasteiger partial charge in [0, 0.05) is 11.6 Å². The molecule has 3 fully saturated rings. The summed E-state index contributed by atoms with van der Waals surface area (Å²) in [7, 11) is 0. The molecule has 4 aliphatic carbocycles. The molecule has 6 heteroatoms. The first-order valence-corrected chi connectivity index (χ1v) is 11.3. The Kier molecular flexibility index (Phi) is 3.75. The Labute approximate surface area is 189 Å². The van der Waals surface area contributed by atoms with Gasteiger partial charge in [-0.25, -0.2) is 9.69 Å². The highest BCUT2D eigenvalue weighted by atomic mass is 16.5. The second-order valence-corrected chi connectivity index (χ2v) is 9.44. The van der Waals surface area contributed by atoms with Gasteiger partial charge in [-0.3, -0.25) is 14.6 Å². The van der Waals surface area contributed by atoms with Gasteiger partial charge in [0.1, 0.15) is 5.52 Å². The van der Waals surface area contributed by atoms with Crippen LogP contribution in [0.4, 0.5) is 5.69 Å².